The van der Waals surface area contributed by atoms with Gasteiger partial charge in [-0.05, 0) is 25.0 Å². The molecule has 1 fully saturated rings. The second kappa shape index (κ2) is 11.2. The third-order valence-corrected chi connectivity index (χ3v) is 5.66. The van der Waals surface area contributed by atoms with Gasteiger partial charge in [0, 0.05) is 42.9 Å². The molecule has 1 aliphatic rings. The third kappa shape index (κ3) is 7.22. The predicted molar refractivity (Wildman–Crippen MR) is 116 cm³/mol. The van der Waals surface area contributed by atoms with Gasteiger partial charge in [0.1, 0.15) is 24.2 Å². The molecule has 2 amide bonds. The van der Waals surface area contributed by atoms with Crippen molar-refractivity contribution in [2.45, 2.75) is 55.7 Å². The summed E-state index contributed by atoms with van der Waals surface area (Å²) in [6.07, 6.45) is -2.93. The van der Waals surface area contributed by atoms with E-state index < -0.39 is 71.7 Å². The Morgan fingerprint density at radius 2 is 1.84 bits per heavy atom. The molecule has 1 heterocycles. The van der Waals surface area contributed by atoms with Gasteiger partial charge in [0.25, 0.3) is 11.5 Å². The fourth-order valence-corrected chi connectivity index (χ4v) is 3.94. The highest BCUT2D eigenvalue weighted by atomic mass is 35.5. The molecule has 15 heteroatoms. The molecule has 1 aromatic heterocycles. The lowest BCUT2D eigenvalue weighted by Gasteiger charge is -2.34. The minimum atomic E-state index is -5.09. The number of alkyl halides is 7. The molecule has 1 aliphatic carbocycles. The molecular weight excluding hydrogens is 532 g/mol. The molecule has 8 nitrogen and oxygen atoms in total. The molecule has 0 saturated heterocycles. The van der Waals surface area contributed by atoms with Gasteiger partial charge < -0.3 is 10.1 Å². The molecule has 2 unspecified atom stereocenters. The van der Waals surface area contributed by atoms with Crippen molar-refractivity contribution < 1.29 is 40.7 Å². The molecule has 2 aromatic rings. The highest BCUT2D eigenvalue weighted by Gasteiger charge is 2.40. The number of ether oxygens (including phenoxy) is 1. The maximum atomic E-state index is 14.1. The summed E-state index contributed by atoms with van der Waals surface area (Å²) >= 11 is 5.39. The van der Waals surface area contributed by atoms with Crippen molar-refractivity contribution >= 4 is 29.1 Å². The van der Waals surface area contributed by atoms with E-state index in [-0.39, 0.29) is 18.4 Å². The number of amides is 2. The van der Waals surface area contributed by atoms with E-state index in [0.717, 1.165) is 30.9 Å². The Hall–Kier alpha value is -3.60. The lowest BCUT2D eigenvalue weighted by molar-refractivity contribution is -0.274. The Labute approximate surface area is 211 Å². The van der Waals surface area contributed by atoms with E-state index in [1.807, 2.05) is 0 Å². The number of nitrogens with zero attached hydrogens (tertiary/aromatic N) is 4. The summed E-state index contributed by atoms with van der Waals surface area (Å²) in [6.45, 7) is 0. The van der Waals surface area contributed by atoms with Crippen LogP contribution >= 0.6 is 11.6 Å². The van der Waals surface area contributed by atoms with Crippen molar-refractivity contribution in [1.29, 1.82) is 5.26 Å². The lowest BCUT2D eigenvalue weighted by atomic mass is 9.92. The van der Waals surface area contributed by atoms with Crippen molar-refractivity contribution in [1.82, 2.24) is 15.3 Å². The molecule has 2 atom stereocenters. The smallest absolute Gasteiger partial charge is 0.406 e. The molecule has 0 aliphatic heterocycles. The number of nitriles is 1. The molecule has 1 saturated carbocycles. The number of hydrogen-bond donors (Lipinski definition) is 1. The number of halogens is 7. The Kier molecular flexibility index (Phi) is 8.47. The van der Waals surface area contributed by atoms with Crippen molar-refractivity contribution in [3.63, 3.8) is 0 Å². The van der Waals surface area contributed by atoms with Crippen LogP contribution in [0.4, 0.5) is 32.0 Å². The normalized spacial score (nSPS) is 17.2. The van der Waals surface area contributed by atoms with Gasteiger partial charge in [-0.15, -0.1) is 13.2 Å². The highest BCUT2D eigenvalue weighted by Crippen LogP contribution is 2.36. The van der Waals surface area contributed by atoms with Gasteiger partial charge in [-0.3, -0.25) is 14.5 Å². The fraction of sp³-hybridized carbons (Fsp3) is 0.409. The van der Waals surface area contributed by atoms with Crippen LogP contribution in [0.1, 0.15) is 42.9 Å². The first-order chi connectivity index (χ1) is 17.3. The van der Waals surface area contributed by atoms with E-state index in [0.29, 0.717) is 11.0 Å². The minimum absolute atomic E-state index is 0.0775. The lowest BCUT2D eigenvalue weighted by Crippen LogP contribution is -2.49. The Bertz CT molecular complexity index is 1170. The first kappa shape index (κ1) is 28.0. The van der Waals surface area contributed by atoms with Crippen LogP contribution in [0.5, 0.6) is 5.75 Å². The number of benzene rings is 1. The molecule has 3 rings (SSSR count). The molecule has 198 valence electrons. The second-order valence-electron chi connectivity index (χ2n) is 8.06. The summed E-state index contributed by atoms with van der Waals surface area (Å²) in [4.78, 5) is 34.3. The van der Waals surface area contributed by atoms with Crippen LogP contribution in [0.3, 0.4) is 0 Å². The van der Waals surface area contributed by atoms with E-state index in [4.69, 9.17) is 11.6 Å². The van der Waals surface area contributed by atoms with Gasteiger partial charge in [0.2, 0.25) is 11.8 Å². The summed E-state index contributed by atoms with van der Waals surface area (Å²) in [5, 5.41) is 12.1. The maximum Gasteiger partial charge on any atom is 0.573 e. The van der Waals surface area contributed by atoms with Gasteiger partial charge in [-0.25, -0.2) is 23.1 Å². The molecule has 1 N–H and O–H groups in total. The first-order valence-corrected chi connectivity index (χ1v) is 11.1. The molecule has 37 heavy (non-hydrogen) atoms. The SMILES string of the molecule is N#Cc1cc(OC(F)(F)F)ccc1N(C(=O)C(F)Cl)C(C(=O)NC1CCC(F)(F)CC1)c1cncnc1. The summed E-state index contributed by atoms with van der Waals surface area (Å²) in [5.41, 5.74) is -3.86. The Morgan fingerprint density at radius 1 is 1.22 bits per heavy atom. The zero-order chi connectivity index (χ0) is 27.4. The van der Waals surface area contributed by atoms with Crippen LogP contribution in [0.2, 0.25) is 0 Å². The van der Waals surface area contributed by atoms with Crippen LogP contribution in [-0.2, 0) is 9.59 Å². The van der Waals surface area contributed by atoms with Crippen LogP contribution in [0.15, 0.2) is 36.9 Å². The van der Waals surface area contributed by atoms with Gasteiger partial charge >= 0.3 is 6.36 Å². The summed E-state index contributed by atoms with van der Waals surface area (Å²) in [7, 11) is 0. The van der Waals surface area contributed by atoms with Gasteiger partial charge in [-0.2, -0.15) is 5.26 Å². The Morgan fingerprint density at radius 3 is 2.38 bits per heavy atom. The number of aromatic nitrogens is 2. The van der Waals surface area contributed by atoms with Gasteiger partial charge in [-0.1, -0.05) is 11.6 Å². The quantitative estimate of drug-likeness (QED) is 0.401. The average molecular weight is 550 g/mol. The van der Waals surface area contributed by atoms with E-state index in [1.54, 1.807) is 6.07 Å². The van der Waals surface area contributed by atoms with E-state index >= 15 is 0 Å². The fourth-order valence-electron chi connectivity index (χ4n) is 3.84. The first-order valence-electron chi connectivity index (χ1n) is 10.7. The zero-order valence-electron chi connectivity index (χ0n) is 18.7. The molecule has 0 bridgehead atoms. The minimum Gasteiger partial charge on any atom is -0.406 e. The predicted octanol–water partition coefficient (Wildman–Crippen LogP) is 4.55. The summed E-state index contributed by atoms with van der Waals surface area (Å²) < 4.78 is 82.9. The van der Waals surface area contributed by atoms with Crippen molar-refractivity contribution in [3.05, 3.63) is 48.0 Å². The van der Waals surface area contributed by atoms with Crippen molar-refractivity contribution in [2.24, 2.45) is 0 Å². The van der Waals surface area contributed by atoms with Crippen LogP contribution in [0.25, 0.3) is 0 Å². The van der Waals surface area contributed by atoms with Gasteiger partial charge in [0.05, 0.1) is 11.3 Å². The van der Waals surface area contributed by atoms with Crippen LogP contribution in [-0.4, -0.2) is 45.7 Å². The molecule has 0 spiro atoms. The average Bonchev–Trinajstić information content (AvgIpc) is 2.83. The largest absolute Gasteiger partial charge is 0.573 e. The van der Waals surface area contributed by atoms with E-state index in [2.05, 4.69) is 20.0 Å². The van der Waals surface area contributed by atoms with E-state index in [1.165, 1.54) is 0 Å². The van der Waals surface area contributed by atoms with Crippen molar-refractivity contribution in [3.8, 4) is 11.8 Å². The van der Waals surface area contributed by atoms with Gasteiger partial charge in [0.15, 0.2) is 0 Å². The number of nitrogens with one attached hydrogen (secondary N) is 1. The summed E-state index contributed by atoms with van der Waals surface area (Å²) in [5.74, 6) is -6.19. The summed E-state index contributed by atoms with van der Waals surface area (Å²) in [6, 6.07) is 1.34. The molecule has 0 radical (unpaired) electrons. The maximum absolute atomic E-state index is 14.1. The topological polar surface area (TPSA) is 108 Å². The number of carbonyl (C=O) groups excluding carboxylic acids is 2. The van der Waals surface area contributed by atoms with E-state index in [9.17, 15) is 41.2 Å². The number of anilines is 1. The number of carbonyl (C=O) groups is 2. The number of rotatable bonds is 7. The monoisotopic (exact) mass is 549 g/mol. The third-order valence-electron chi connectivity index (χ3n) is 5.47. The zero-order valence-corrected chi connectivity index (χ0v) is 19.4. The standard InChI is InChI=1S/C22H18ClF6N5O3/c23-18(24)20(36)34(16-2-1-15(7-12(16)8-30)37-22(27,28)29)17(13-9-31-11-32-10-13)19(35)33-14-3-5-21(25,26)6-4-14/h1-2,7,9-11,14,17-18H,3-6H2,(H,33,35). The van der Waals surface area contributed by atoms with Crippen LogP contribution < -0.4 is 15.0 Å². The Balaban J connectivity index is 2.07. The highest BCUT2D eigenvalue weighted by molar-refractivity contribution is 6.32. The van der Waals surface area contributed by atoms with Crippen LogP contribution in [0, 0.1) is 11.3 Å². The van der Waals surface area contributed by atoms with Crippen molar-refractivity contribution in [2.75, 3.05) is 4.90 Å². The molecular formula is C22H18ClF6N5O3. The molecule has 1 aromatic carbocycles. The number of hydrogen-bond acceptors (Lipinski definition) is 6. The second-order valence-corrected chi connectivity index (χ2v) is 8.44.